The van der Waals surface area contributed by atoms with Crippen molar-refractivity contribution in [1.82, 2.24) is 4.98 Å². The minimum atomic E-state index is -0.467. The standard InChI is InChI=1S/C7H7ClN2O2/c1-4-3-6(10(11)12)5(2)9-7(4)8/h3H,1-2H3. The number of nitrogens with zero attached hydrogens (tertiary/aromatic N) is 2. The molecule has 0 fully saturated rings. The number of pyridine rings is 1. The van der Waals surface area contributed by atoms with E-state index in [-0.39, 0.29) is 5.69 Å². The van der Waals surface area contributed by atoms with Crippen LogP contribution >= 0.6 is 11.6 Å². The first-order valence-electron chi connectivity index (χ1n) is 3.30. The first-order valence-corrected chi connectivity index (χ1v) is 3.68. The number of hydrogen-bond donors (Lipinski definition) is 0. The van der Waals surface area contributed by atoms with E-state index in [4.69, 9.17) is 11.6 Å². The third-order valence-electron chi connectivity index (χ3n) is 1.51. The number of rotatable bonds is 1. The highest BCUT2D eigenvalue weighted by atomic mass is 35.5. The number of aromatic nitrogens is 1. The van der Waals surface area contributed by atoms with Gasteiger partial charge >= 0.3 is 0 Å². The van der Waals surface area contributed by atoms with Crippen LogP contribution in [0.1, 0.15) is 11.3 Å². The summed E-state index contributed by atoms with van der Waals surface area (Å²) in [6, 6.07) is 1.42. The second kappa shape index (κ2) is 3.06. The maximum Gasteiger partial charge on any atom is 0.290 e. The summed E-state index contributed by atoms with van der Waals surface area (Å²) in [4.78, 5) is 13.8. The lowest BCUT2D eigenvalue weighted by molar-refractivity contribution is -0.385. The number of halogens is 1. The van der Waals surface area contributed by atoms with Gasteiger partial charge in [-0.05, 0) is 19.4 Å². The average Bonchev–Trinajstić information content (AvgIpc) is 1.96. The molecule has 12 heavy (non-hydrogen) atoms. The number of aryl methyl sites for hydroxylation is 2. The number of nitro groups is 1. The first-order chi connectivity index (χ1) is 5.52. The van der Waals surface area contributed by atoms with Crippen molar-refractivity contribution in [3.8, 4) is 0 Å². The van der Waals surface area contributed by atoms with Gasteiger partial charge in [0, 0.05) is 6.07 Å². The molecule has 0 spiro atoms. The molecular weight excluding hydrogens is 180 g/mol. The Bertz CT molecular complexity index is 338. The topological polar surface area (TPSA) is 56.0 Å². The molecule has 1 aromatic heterocycles. The molecule has 0 aliphatic rings. The van der Waals surface area contributed by atoms with E-state index in [1.165, 1.54) is 6.07 Å². The van der Waals surface area contributed by atoms with Crippen LogP contribution in [0.5, 0.6) is 0 Å². The van der Waals surface area contributed by atoms with Crippen molar-refractivity contribution in [2.75, 3.05) is 0 Å². The fourth-order valence-electron chi connectivity index (χ4n) is 0.847. The van der Waals surface area contributed by atoms with Crippen molar-refractivity contribution in [2.24, 2.45) is 0 Å². The van der Waals surface area contributed by atoms with Gasteiger partial charge in [-0.2, -0.15) is 0 Å². The lowest BCUT2D eigenvalue weighted by Crippen LogP contribution is -1.95. The molecule has 0 aromatic carbocycles. The van der Waals surface area contributed by atoms with Gasteiger partial charge in [-0.15, -0.1) is 0 Å². The Morgan fingerprint density at radius 2 is 2.17 bits per heavy atom. The maximum absolute atomic E-state index is 10.4. The summed E-state index contributed by atoms with van der Waals surface area (Å²) in [6.07, 6.45) is 0. The molecule has 0 radical (unpaired) electrons. The number of hydrogen-bond acceptors (Lipinski definition) is 3. The van der Waals surface area contributed by atoms with Gasteiger partial charge in [-0.1, -0.05) is 11.6 Å². The van der Waals surface area contributed by atoms with Gasteiger partial charge in [0.1, 0.15) is 10.8 Å². The predicted molar refractivity (Wildman–Crippen MR) is 45.4 cm³/mol. The van der Waals surface area contributed by atoms with Crippen LogP contribution in [0.2, 0.25) is 5.15 Å². The molecule has 0 saturated carbocycles. The predicted octanol–water partition coefficient (Wildman–Crippen LogP) is 2.26. The van der Waals surface area contributed by atoms with Crippen molar-refractivity contribution >= 4 is 17.3 Å². The molecular formula is C7H7ClN2O2. The lowest BCUT2D eigenvalue weighted by atomic mass is 10.2. The van der Waals surface area contributed by atoms with Gasteiger partial charge in [0.05, 0.1) is 4.92 Å². The summed E-state index contributed by atoms with van der Waals surface area (Å²) in [7, 11) is 0. The normalized spacial score (nSPS) is 9.92. The van der Waals surface area contributed by atoms with Crippen molar-refractivity contribution in [3.63, 3.8) is 0 Å². The van der Waals surface area contributed by atoms with Crippen LogP contribution in [0.25, 0.3) is 0 Å². The zero-order chi connectivity index (χ0) is 9.30. The van der Waals surface area contributed by atoms with E-state index >= 15 is 0 Å². The molecule has 0 aliphatic carbocycles. The SMILES string of the molecule is Cc1cc([N+](=O)[O-])c(C)nc1Cl. The first kappa shape index (κ1) is 8.93. The molecule has 64 valence electrons. The Kier molecular flexibility index (Phi) is 2.28. The average molecular weight is 187 g/mol. The molecule has 0 N–H and O–H groups in total. The molecule has 0 atom stereocenters. The van der Waals surface area contributed by atoms with Gasteiger partial charge in [-0.25, -0.2) is 4.98 Å². The van der Waals surface area contributed by atoms with Crippen LogP contribution in [0.15, 0.2) is 6.07 Å². The zero-order valence-electron chi connectivity index (χ0n) is 6.67. The Hall–Kier alpha value is -1.16. The summed E-state index contributed by atoms with van der Waals surface area (Å²) in [6.45, 7) is 3.24. The van der Waals surface area contributed by atoms with Crippen LogP contribution < -0.4 is 0 Å². The molecule has 1 heterocycles. The second-order valence-corrected chi connectivity index (χ2v) is 2.82. The summed E-state index contributed by atoms with van der Waals surface area (Å²) < 4.78 is 0. The third-order valence-corrected chi connectivity index (χ3v) is 1.89. The molecule has 1 aromatic rings. The Morgan fingerprint density at radius 3 is 2.67 bits per heavy atom. The van der Waals surface area contributed by atoms with E-state index in [1.807, 2.05) is 0 Å². The molecule has 0 saturated heterocycles. The van der Waals surface area contributed by atoms with Crippen LogP contribution in [-0.2, 0) is 0 Å². The van der Waals surface area contributed by atoms with E-state index in [1.54, 1.807) is 13.8 Å². The highest BCUT2D eigenvalue weighted by Crippen LogP contribution is 2.21. The smallest absolute Gasteiger partial charge is 0.258 e. The van der Waals surface area contributed by atoms with Gasteiger partial charge in [-0.3, -0.25) is 10.1 Å². The van der Waals surface area contributed by atoms with Gasteiger partial charge in [0.25, 0.3) is 5.69 Å². The molecule has 0 amide bonds. The third kappa shape index (κ3) is 1.53. The monoisotopic (exact) mass is 186 g/mol. The zero-order valence-corrected chi connectivity index (χ0v) is 7.42. The molecule has 1 rings (SSSR count). The highest BCUT2D eigenvalue weighted by Gasteiger charge is 2.13. The second-order valence-electron chi connectivity index (χ2n) is 2.46. The van der Waals surface area contributed by atoms with Gasteiger partial charge in [0.15, 0.2) is 0 Å². The minimum absolute atomic E-state index is 0.0110. The van der Waals surface area contributed by atoms with E-state index < -0.39 is 4.92 Å². The van der Waals surface area contributed by atoms with Crippen molar-refractivity contribution in [2.45, 2.75) is 13.8 Å². The fraction of sp³-hybridized carbons (Fsp3) is 0.286. The quantitative estimate of drug-likeness (QED) is 0.384. The van der Waals surface area contributed by atoms with Gasteiger partial charge < -0.3 is 0 Å². The van der Waals surface area contributed by atoms with Crippen LogP contribution in [-0.4, -0.2) is 9.91 Å². The van der Waals surface area contributed by atoms with E-state index in [2.05, 4.69) is 4.98 Å². The van der Waals surface area contributed by atoms with Crippen LogP contribution in [0.3, 0.4) is 0 Å². The van der Waals surface area contributed by atoms with Crippen LogP contribution in [0, 0.1) is 24.0 Å². The van der Waals surface area contributed by atoms with Crippen molar-refractivity contribution in [1.29, 1.82) is 0 Å². The summed E-state index contributed by atoms with van der Waals surface area (Å²) in [5, 5.41) is 10.7. The van der Waals surface area contributed by atoms with E-state index in [0.29, 0.717) is 16.4 Å². The molecule has 0 aliphatic heterocycles. The molecule has 4 nitrogen and oxygen atoms in total. The summed E-state index contributed by atoms with van der Waals surface area (Å²) in [5.41, 5.74) is 0.974. The lowest BCUT2D eigenvalue weighted by Gasteiger charge is -1.99. The fourth-order valence-corrected chi connectivity index (χ4v) is 1.03. The van der Waals surface area contributed by atoms with Crippen LogP contribution in [0.4, 0.5) is 5.69 Å². The molecule has 5 heteroatoms. The van der Waals surface area contributed by atoms with Crippen molar-refractivity contribution in [3.05, 3.63) is 32.6 Å². The largest absolute Gasteiger partial charge is 0.290 e. The summed E-state index contributed by atoms with van der Waals surface area (Å²) >= 11 is 5.66. The Labute approximate surface area is 74.3 Å². The Balaban J connectivity index is 3.33. The van der Waals surface area contributed by atoms with Crippen molar-refractivity contribution < 1.29 is 4.92 Å². The maximum atomic E-state index is 10.4. The summed E-state index contributed by atoms with van der Waals surface area (Å²) in [5.74, 6) is 0. The highest BCUT2D eigenvalue weighted by molar-refractivity contribution is 6.30. The van der Waals surface area contributed by atoms with Gasteiger partial charge in [0.2, 0.25) is 0 Å². The molecule has 0 bridgehead atoms. The van der Waals surface area contributed by atoms with E-state index in [9.17, 15) is 10.1 Å². The Morgan fingerprint density at radius 1 is 1.58 bits per heavy atom. The minimum Gasteiger partial charge on any atom is -0.258 e. The van der Waals surface area contributed by atoms with E-state index in [0.717, 1.165) is 0 Å². The molecule has 0 unspecified atom stereocenters.